The molecule has 170 valence electrons. The van der Waals surface area contributed by atoms with Crippen LogP contribution in [0.1, 0.15) is 20.8 Å². The summed E-state index contributed by atoms with van der Waals surface area (Å²) in [4.78, 5) is 46.9. The fraction of sp³-hybridized carbons (Fsp3) is 0.120. The molecule has 0 N–H and O–H groups in total. The molecule has 0 aliphatic rings. The standard InChI is InChI=1S/C25H22O8/c1-14(2)23(27)31-18-9-7-17(8-10-18)19-11-22(33-25(29)16(5)6)21(30-13-26)12-20(19)32-24(28)15(3)4/h7-13H,1,3,5H2,2,4,6H3. The largest absolute Gasteiger partial charge is 0.425 e. The predicted octanol–water partition coefficient (Wildman–Crippen LogP) is 4.33. The van der Waals surface area contributed by atoms with E-state index >= 15 is 0 Å². The third kappa shape index (κ3) is 6.51. The van der Waals surface area contributed by atoms with Crippen LogP contribution in [-0.4, -0.2) is 24.4 Å². The first-order valence-electron chi connectivity index (χ1n) is 9.55. The molecule has 2 aromatic carbocycles. The van der Waals surface area contributed by atoms with Crippen molar-refractivity contribution >= 4 is 24.4 Å². The minimum atomic E-state index is -0.745. The van der Waals surface area contributed by atoms with Gasteiger partial charge in [0, 0.05) is 28.3 Å². The fourth-order valence-corrected chi connectivity index (χ4v) is 2.35. The van der Waals surface area contributed by atoms with Crippen LogP contribution in [0.15, 0.2) is 72.9 Å². The summed E-state index contributed by atoms with van der Waals surface area (Å²) in [6.07, 6.45) is 0. The summed E-state index contributed by atoms with van der Waals surface area (Å²) in [6, 6.07) is 8.85. The van der Waals surface area contributed by atoms with Crippen molar-refractivity contribution in [3.05, 3.63) is 72.9 Å². The quantitative estimate of drug-likeness (QED) is 0.241. The third-order valence-electron chi connectivity index (χ3n) is 4.05. The Morgan fingerprint density at radius 3 is 1.67 bits per heavy atom. The van der Waals surface area contributed by atoms with E-state index in [1.165, 1.54) is 45.0 Å². The lowest BCUT2D eigenvalue weighted by atomic mass is 10.0. The Kier molecular flexibility index (Phi) is 8.06. The van der Waals surface area contributed by atoms with Crippen molar-refractivity contribution in [1.82, 2.24) is 0 Å². The van der Waals surface area contributed by atoms with E-state index in [-0.39, 0.29) is 46.2 Å². The van der Waals surface area contributed by atoms with Crippen LogP contribution in [0.4, 0.5) is 0 Å². The van der Waals surface area contributed by atoms with Gasteiger partial charge in [0.05, 0.1) is 0 Å². The number of hydrogen-bond donors (Lipinski definition) is 0. The molecule has 0 unspecified atom stereocenters. The fourth-order valence-electron chi connectivity index (χ4n) is 2.35. The Morgan fingerprint density at radius 2 is 1.18 bits per heavy atom. The van der Waals surface area contributed by atoms with Crippen LogP contribution >= 0.6 is 0 Å². The average Bonchev–Trinajstić information content (AvgIpc) is 2.75. The van der Waals surface area contributed by atoms with Crippen LogP contribution in [-0.2, 0) is 19.2 Å². The molecular formula is C25H22O8. The van der Waals surface area contributed by atoms with Gasteiger partial charge in [-0.05, 0) is 44.5 Å². The maximum Gasteiger partial charge on any atom is 0.338 e. The monoisotopic (exact) mass is 450 g/mol. The van der Waals surface area contributed by atoms with Crippen LogP contribution in [0.25, 0.3) is 11.1 Å². The Labute approximate surface area is 190 Å². The Balaban J connectivity index is 2.59. The zero-order chi connectivity index (χ0) is 24.7. The SMILES string of the molecule is C=C(C)C(=O)Oc1ccc(-c2cc(OC(=O)C(=C)C)c(OC=O)cc2OC(=O)C(=C)C)cc1. The molecule has 0 fully saturated rings. The van der Waals surface area contributed by atoms with Gasteiger partial charge in [-0.25, -0.2) is 14.4 Å². The number of rotatable bonds is 9. The van der Waals surface area contributed by atoms with Crippen LogP contribution in [0, 0.1) is 0 Å². The lowest BCUT2D eigenvalue weighted by Gasteiger charge is -2.15. The second-order valence-electron chi connectivity index (χ2n) is 7.04. The van der Waals surface area contributed by atoms with Gasteiger partial charge in [0.1, 0.15) is 11.5 Å². The third-order valence-corrected chi connectivity index (χ3v) is 4.05. The van der Waals surface area contributed by atoms with Crippen molar-refractivity contribution in [3.8, 4) is 34.1 Å². The van der Waals surface area contributed by atoms with E-state index in [1.54, 1.807) is 12.1 Å². The first kappa shape index (κ1) is 24.8. The number of benzene rings is 2. The maximum absolute atomic E-state index is 12.2. The molecule has 2 rings (SSSR count). The Morgan fingerprint density at radius 1 is 0.697 bits per heavy atom. The molecule has 0 spiro atoms. The van der Waals surface area contributed by atoms with Gasteiger partial charge in [0.2, 0.25) is 0 Å². The summed E-state index contributed by atoms with van der Waals surface area (Å²) in [7, 11) is 0. The number of hydrogen-bond acceptors (Lipinski definition) is 8. The van der Waals surface area contributed by atoms with Crippen LogP contribution in [0.2, 0.25) is 0 Å². The maximum atomic E-state index is 12.2. The molecule has 33 heavy (non-hydrogen) atoms. The molecule has 0 saturated carbocycles. The van der Waals surface area contributed by atoms with Gasteiger partial charge in [-0.2, -0.15) is 0 Å². The number of ether oxygens (including phenoxy) is 4. The molecule has 0 aliphatic carbocycles. The van der Waals surface area contributed by atoms with E-state index in [9.17, 15) is 19.2 Å². The topological polar surface area (TPSA) is 105 Å². The van der Waals surface area contributed by atoms with E-state index in [4.69, 9.17) is 18.9 Å². The Hall–Kier alpha value is -4.46. The first-order chi connectivity index (χ1) is 15.5. The highest BCUT2D eigenvalue weighted by molar-refractivity contribution is 5.92. The minimum Gasteiger partial charge on any atom is -0.425 e. The molecule has 0 saturated heterocycles. The smallest absolute Gasteiger partial charge is 0.338 e. The lowest BCUT2D eigenvalue weighted by molar-refractivity contribution is -0.131. The van der Waals surface area contributed by atoms with Crippen molar-refractivity contribution < 1.29 is 38.1 Å². The van der Waals surface area contributed by atoms with Gasteiger partial charge in [-0.15, -0.1) is 0 Å². The summed E-state index contributed by atoms with van der Waals surface area (Å²) in [6.45, 7) is 15.2. The number of carbonyl (C=O) groups is 4. The number of esters is 3. The minimum absolute atomic E-state index is 0.0154. The van der Waals surface area contributed by atoms with Crippen molar-refractivity contribution in [2.75, 3.05) is 0 Å². The van der Waals surface area contributed by atoms with E-state index in [0.29, 0.717) is 11.1 Å². The van der Waals surface area contributed by atoms with Gasteiger partial charge in [-0.1, -0.05) is 31.9 Å². The molecule has 0 radical (unpaired) electrons. The highest BCUT2D eigenvalue weighted by atomic mass is 16.6. The van der Waals surface area contributed by atoms with E-state index in [0.717, 1.165) is 0 Å². The molecule has 0 bridgehead atoms. The normalized spacial score (nSPS) is 9.91. The molecule has 0 amide bonds. The zero-order valence-corrected chi connectivity index (χ0v) is 18.4. The zero-order valence-electron chi connectivity index (χ0n) is 18.4. The van der Waals surface area contributed by atoms with Crippen molar-refractivity contribution in [3.63, 3.8) is 0 Å². The second-order valence-corrected chi connectivity index (χ2v) is 7.04. The molecule has 0 aromatic heterocycles. The van der Waals surface area contributed by atoms with Crippen molar-refractivity contribution in [2.45, 2.75) is 20.8 Å². The van der Waals surface area contributed by atoms with Gasteiger partial charge >= 0.3 is 17.9 Å². The number of carbonyl (C=O) groups excluding carboxylic acids is 4. The molecule has 8 heteroatoms. The summed E-state index contributed by atoms with van der Waals surface area (Å²) >= 11 is 0. The molecule has 8 nitrogen and oxygen atoms in total. The van der Waals surface area contributed by atoms with E-state index in [2.05, 4.69) is 19.7 Å². The van der Waals surface area contributed by atoms with Gasteiger partial charge < -0.3 is 18.9 Å². The summed E-state index contributed by atoms with van der Waals surface area (Å²) < 4.78 is 20.7. The summed E-state index contributed by atoms with van der Waals surface area (Å²) in [5.41, 5.74) is 1.33. The van der Waals surface area contributed by atoms with Gasteiger partial charge in [0.15, 0.2) is 11.5 Å². The molecule has 0 aliphatic heterocycles. The van der Waals surface area contributed by atoms with Crippen molar-refractivity contribution in [2.24, 2.45) is 0 Å². The van der Waals surface area contributed by atoms with E-state index in [1.807, 2.05) is 0 Å². The van der Waals surface area contributed by atoms with E-state index < -0.39 is 17.9 Å². The van der Waals surface area contributed by atoms with Gasteiger partial charge in [0.25, 0.3) is 6.47 Å². The molecule has 0 heterocycles. The van der Waals surface area contributed by atoms with Crippen LogP contribution in [0.5, 0.6) is 23.0 Å². The molecule has 2 aromatic rings. The Bertz CT molecular complexity index is 1160. The first-order valence-corrected chi connectivity index (χ1v) is 9.55. The van der Waals surface area contributed by atoms with Gasteiger partial charge in [-0.3, -0.25) is 4.79 Å². The van der Waals surface area contributed by atoms with Crippen LogP contribution in [0.3, 0.4) is 0 Å². The van der Waals surface area contributed by atoms with Crippen molar-refractivity contribution in [1.29, 1.82) is 0 Å². The summed E-state index contributed by atoms with van der Waals surface area (Å²) in [5.74, 6) is -2.01. The second kappa shape index (κ2) is 10.7. The summed E-state index contributed by atoms with van der Waals surface area (Å²) in [5, 5.41) is 0. The lowest BCUT2D eigenvalue weighted by Crippen LogP contribution is -2.12. The predicted molar refractivity (Wildman–Crippen MR) is 120 cm³/mol. The molecule has 0 atom stereocenters. The highest BCUT2D eigenvalue weighted by Gasteiger charge is 2.20. The van der Waals surface area contributed by atoms with Crippen LogP contribution < -0.4 is 18.9 Å². The highest BCUT2D eigenvalue weighted by Crippen LogP contribution is 2.41. The average molecular weight is 450 g/mol. The molecular weight excluding hydrogens is 428 g/mol.